The number of benzene rings is 1. The summed E-state index contributed by atoms with van der Waals surface area (Å²) < 4.78 is 6.08. The summed E-state index contributed by atoms with van der Waals surface area (Å²) in [6.07, 6.45) is 1.64. The Morgan fingerprint density at radius 3 is 3.00 bits per heavy atom. The van der Waals surface area contributed by atoms with Crippen LogP contribution in [-0.4, -0.2) is 30.8 Å². The van der Waals surface area contributed by atoms with E-state index in [1.807, 2.05) is 0 Å². The fourth-order valence-electron chi connectivity index (χ4n) is 2.02. The number of fused-ring (bicyclic) bond motifs is 1. The Morgan fingerprint density at radius 1 is 1.45 bits per heavy atom. The average molecular weight is 274 g/mol. The Balaban J connectivity index is 2.00. The molecule has 2 N–H and O–H groups in total. The van der Waals surface area contributed by atoms with Crippen LogP contribution >= 0.6 is 0 Å². The maximum Gasteiger partial charge on any atom is 0.335 e. The van der Waals surface area contributed by atoms with Crippen LogP contribution < -0.4 is 5.69 Å². The highest BCUT2D eigenvalue weighted by atomic mass is 16.5. The Bertz CT molecular complexity index is 816. The highest BCUT2D eigenvalue weighted by Gasteiger charge is 2.11. The molecule has 0 saturated carbocycles. The van der Waals surface area contributed by atoms with Crippen LogP contribution in [0.5, 0.6) is 0 Å². The standard InChI is InChI=1S/C12H10N4O4/c17-11(18)7-1-2-8-9(5-7)16(12(19)14-8)4-3-10-13-6-20-15-10/h1-2,5-6H,3-4H2,(H,14,19)(H,17,18). The first-order chi connectivity index (χ1) is 9.65. The van der Waals surface area contributed by atoms with Gasteiger partial charge in [-0.1, -0.05) is 5.16 Å². The lowest BCUT2D eigenvalue weighted by Crippen LogP contribution is -2.18. The molecule has 0 aliphatic heterocycles. The molecule has 0 saturated heterocycles. The van der Waals surface area contributed by atoms with E-state index in [1.54, 1.807) is 6.07 Å². The Kier molecular flexibility index (Phi) is 2.82. The van der Waals surface area contributed by atoms with Gasteiger partial charge in [-0.2, -0.15) is 4.98 Å². The smallest absolute Gasteiger partial charge is 0.335 e. The van der Waals surface area contributed by atoms with E-state index in [0.717, 1.165) is 0 Å². The summed E-state index contributed by atoms with van der Waals surface area (Å²) >= 11 is 0. The third-order valence-corrected chi connectivity index (χ3v) is 2.99. The summed E-state index contributed by atoms with van der Waals surface area (Å²) in [5, 5.41) is 12.7. The minimum Gasteiger partial charge on any atom is -0.478 e. The fraction of sp³-hybridized carbons (Fsp3) is 0.167. The molecule has 1 aromatic carbocycles. The molecule has 0 radical (unpaired) electrons. The van der Waals surface area contributed by atoms with Crippen LogP contribution in [0.2, 0.25) is 0 Å². The Hall–Kier alpha value is -2.90. The van der Waals surface area contributed by atoms with E-state index in [4.69, 9.17) is 5.11 Å². The second-order valence-electron chi connectivity index (χ2n) is 4.22. The summed E-state index contributed by atoms with van der Waals surface area (Å²) in [7, 11) is 0. The number of H-pyrrole nitrogens is 1. The lowest BCUT2D eigenvalue weighted by Gasteiger charge is -2.01. The van der Waals surface area contributed by atoms with Crippen molar-refractivity contribution in [2.45, 2.75) is 13.0 Å². The summed E-state index contributed by atoms with van der Waals surface area (Å²) in [6, 6.07) is 4.49. The van der Waals surface area contributed by atoms with Gasteiger partial charge in [0, 0.05) is 13.0 Å². The van der Waals surface area contributed by atoms with Crippen molar-refractivity contribution in [1.82, 2.24) is 19.7 Å². The van der Waals surface area contributed by atoms with Crippen molar-refractivity contribution >= 4 is 17.0 Å². The lowest BCUT2D eigenvalue weighted by molar-refractivity contribution is 0.0697. The number of hydrogen-bond acceptors (Lipinski definition) is 5. The molecule has 20 heavy (non-hydrogen) atoms. The molecule has 0 aliphatic carbocycles. The SMILES string of the molecule is O=C(O)c1ccc2[nH]c(=O)n(CCc3ncon3)c2c1. The average Bonchev–Trinajstić information content (AvgIpc) is 3.02. The van der Waals surface area contributed by atoms with Crippen LogP contribution in [0, 0.1) is 0 Å². The van der Waals surface area contributed by atoms with E-state index < -0.39 is 5.97 Å². The summed E-state index contributed by atoms with van der Waals surface area (Å²) in [6.45, 7) is 0.335. The van der Waals surface area contributed by atoms with Gasteiger partial charge in [0.2, 0.25) is 6.39 Å². The van der Waals surface area contributed by atoms with E-state index in [-0.39, 0.29) is 11.3 Å². The molecule has 3 aromatic rings. The van der Waals surface area contributed by atoms with Gasteiger partial charge in [0.15, 0.2) is 5.82 Å². The maximum atomic E-state index is 11.9. The van der Waals surface area contributed by atoms with E-state index >= 15 is 0 Å². The van der Waals surface area contributed by atoms with Crippen molar-refractivity contribution in [3.63, 3.8) is 0 Å². The second-order valence-corrected chi connectivity index (χ2v) is 4.22. The normalized spacial score (nSPS) is 11.0. The molecule has 2 heterocycles. The quantitative estimate of drug-likeness (QED) is 0.722. The number of carbonyl (C=O) groups is 1. The van der Waals surface area contributed by atoms with Gasteiger partial charge in [-0.15, -0.1) is 0 Å². The monoisotopic (exact) mass is 274 g/mol. The van der Waals surface area contributed by atoms with Gasteiger partial charge in [-0.05, 0) is 18.2 Å². The number of nitrogens with zero attached hydrogens (tertiary/aromatic N) is 3. The zero-order valence-electron chi connectivity index (χ0n) is 10.2. The first-order valence-corrected chi connectivity index (χ1v) is 5.86. The van der Waals surface area contributed by atoms with Gasteiger partial charge in [-0.3, -0.25) is 4.57 Å². The molecule has 3 rings (SSSR count). The van der Waals surface area contributed by atoms with E-state index in [0.29, 0.717) is 29.8 Å². The third-order valence-electron chi connectivity index (χ3n) is 2.99. The van der Waals surface area contributed by atoms with Crippen molar-refractivity contribution in [2.75, 3.05) is 0 Å². The van der Waals surface area contributed by atoms with Crippen molar-refractivity contribution in [1.29, 1.82) is 0 Å². The lowest BCUT2D eigenvalue weighted by atomic mass is 10.2. The number of nitrogens with one attached hydrogen (secondary N) is 1. The van der Waals surface area contributed by atoms with Crippen LogP contribution in [0.25, 0.3) is 11.0 Å². The molecule has 0 atom stereocenters. The van der Waals surface area contributed by atoms with Gasteiger partial charge in [-0.25, -0.2) is 9.59 Å². The predicted octanol–water partition coefficient (Wildman–Crippen LogP) is 0.653. The van der Waals surface area contributed by atoms with Crippen LogP contribution in [0.1, 0.15) is 16.2 Å². The van der Waals surface area contributed by atoms with E-state index in [1.165, 1.54) is 23.1 Å². The first kappa shape index (κ1) is 12.2. The zero-order chi connectivity index (χ0) is 14.1. The van der Waals surface area contributed by atoms with Crippen LogP contribution in [0.15, 0.2) is 33.9 Å². The number of aryl methyl sites for hydroxylation is 2. The van der Waals surface area contributed by atoms with Gasteiger partial charge in [0.1, 0.15) is 0 Å². The van der Waals surface area contributed by atoms with Crippen molar-refractivity contribution in [2.24, 2.45) is 0 Å². The molecule has 0 bridgehead atoms. The summed E-state index contributed by atoms with van der Waals surface area (Å²) in [5.41, 5.74) is 0.961. The molecule has 102 valence electrons. The minimum absolute atomic E-state index is 0.129. The number of rotatable bonds is 4. The number of aromatic nitrogens is 4. The molecule has 0 fully saturated rings. The molecule has 2 aromatic heterocycles. The number of aromatic amines is 1. The third kappa shape index (κ3) is 2.07. The number of carboxylic acids is 1. The van der Waals surface area contributed by atoms with Crippen LogP contribution in [0.3, 0.4) is 0 Å². The Labute approximate surface area is 111 Å². The highest BCUT2D eigenvalue weighted by molar-refractivity contribution is 5.92. The Morgan fingerprint density at radius 2 is 2.30 bits per heavy atom. The van der Waals surface area contributed by atoms with E-state index in [2.05, 4.69) is 19.6 Å². The van der Waals surface area contributed by atoms with Crippen LogP contribution in [-0.2, 0) is 13.0 Å². The molecule has 8 nitrogen and oxygen atoms in total. The van der Waals surface area contributed by atoms with Gasteiger partial charge in [0.05, 0.1) is 16.6 Å². The first-order valence-electron chi connectivity index (χ1n) is 5.86. The molecular weight excluding hydrogens is 264 g/mol. The molecule has 0 aliphatic rings. The van der Waals surface area contributed by atoms with Gasteiger partial charge in [0.25, 0.3) is 0 Å². The van der Waals surface area contributed by atoms with Crippen molar-refractivity contribution in [3.8, 4) is 0 Å². The predicted molar refractivity (Wildman–Crippen MR) is 67.5 cm³/mol. The van der Waals surface area contributed by atoms with Crippen molar-refractivity contribution in [3.05, 3.63) is 46.5 Å². The van der Waals surface area contributed by atoms with Gasteiger partial charge >= 0.3 is 11.7 Å². The zero-order valence-corrected chi connectivity index (χ0v) is 10.2. The maximum absolute atomic E-state index is 11.9. The van der Waals surface area contributed by atoms with E-state index in [9.17, 15) is 9.59 Å². The number of aromatic carboxylic acids is 1. The number of imidazole rings is 1. The molecule has 8 heteroatoms. The van der Waals surface area contributed by atoms with Crippen molar-refractivity contribution < 1.29 is 14.4 Å². The number of hydrogen-bond donors (Lipinski definition) is 2. The number of carboxylic acid groups (broad SMARTS) is 1. The van der Waals surface area contributed by atoms with Crippen LogP contribution in [0.4, 0.5) is 0 Å². The topological polar surface area (TPSA) is 114 Å². The summed E-state index contributed by atoms with van der Waals surface area (Å²) in [5.74, 6) is -0.550. The summed E-state index contributed by atoms with van der Waals surface area (Å²) in [4.78, 5) is 29.4. The minimum atomic E-state index is -1.04. The second kappa shape index (κ2) is 4.65. The molecule has 0 spiro atoms. The molecule has 0 amide bonds. The van der Waals surface area contributed by atoms with Gasteiger partial charge < -0.3 is 14.6 Å². The highest BCUT2D eigenvalue weighted by Crippen LogP contribution is 2.13. The fourth-order valence-corrected chi connectivity index (χ4v) is 2.02. The molecule has 0 unspecified atom stereocenters. The molecular formula is C12H10N4O4. The largest absolute Gasteiger partial charge is 0.478 e.